The third kappa shape index (κ3) is 5.20. The van der Waals surface area contributed by atoms with Crippen LogP contribution in [0.4, 0.5) is 17.1 Å². The van der Waals surface area contributed by atoms with Crippen LogP contribution in [0.2, 0.25) is 0 Å². The third-order valence-corrected chi connectivity index (χ3v) is 11.0. The van der Waals surface area contributed by atoms with E-state index in [0.29, 0.717) is 0 Å². The van der Waals surface area contributed by atoms with Crippen LogP contribution in [0.1, 0.15) is 11.7 Å². The predicted octanol–water partition coefficient (Wildman–Crippen LogP) is 12.9. The van der Waals surface area contributed by atoms with Crippen molar-refractivity contribution in [3.8, 4) is 39.3 Å². The number of nitrogens with one attached hydrogen (secondary N) is 2. The van der Waals surface area contributed by atoms with Gasteiger partial charge in [-0.15, -0.1) is 0 Å². The van der Waals surface area contributed by atoms with E-state index in [9.17, 15) is 0 Å². The van der Waals surface area contributed by atoms with Gasteiger partial charge in [0.05, 0.1) is 27.9 Å². The first-order chi connectivity index (χ1) is 27.3. The van der Waals surface area contributed by atoms with E-state index in [2.05, 4.69) is 208 Å². The number of imidazole rings is 1. The van der Waals surface area contributed by atoms with Crippen molar-refractivity contribution in [3.05, 3.63) is 200 Å². The maximum atomic E-state index is 5.10. The third-order valence-electron chi connectivity index (χ3n) is 11.0. The summed E-state index contributed by atoms with van der Waals surface area (Å²) in [6.07, 6.45) is -0.0260. The topological polar surface area (TPSA) is 48.9 Å². The number of aromatic nitrogens is 3. The van der Waals surface area contributed by atoms with Crippen LogP contribution in [0.3, 0.4) is 0 Å². The largest absolute Gasteiger partial charge is 0.359 e. The number of aromatic amines is 1. The van der Waals surface area contributed by atoms with Crippen molar-refractivity contribution in [2.75, 3.05) is 10.2 Å². The van der Waals surface area contributed by atoms with E-state index in [1.165, 1.54) is 33.2 Å². The monoisotopic (exact) mass is 705 g/mol. The molecule has 0 bridgehead atoms. The summed E-state index contributed by atoms with van der Waals surface area (Å²) in [6.45, 7) is 0. The van der Waals surface area contributed by atoms with Gasteiger partial charge in [-0.2, -0.15) is 0 Å². The summed E-state index contributed by atoms with van der Waals surface area (Å²) < 4.78 is 2.25. The SMILES string of the molecule is c1ccc(N2c3ccccc3NC2c2ccc(-c3cc(-c4ccc(-c5nc6ccccc6n5-c5ccccc5)cc4)cc4c3[nH]c3ccccc34)cc2)cc1. The molecule has 0 spiro atoms. The number of benzene rings is 8. The summed E-state index contributed by atoms with van der Waals surface area (Å²) in [6, 6.07) is 69.2. The molecule has 0 saturated heterocycles. The van der Waals surface area contributed by atoms with E-state index in [4.69, 9.17) is 4.98 Å². The molecular weight excluding hydrogens is 671 g/mol. The van der Waals surface area contributed by atoms with E-state index in [-0.39, 0.29) is 6.17 Å². The summed E-state index contributed by atoms with van der Waals surface area (Å²) in [5.74, 6) is 0.928. The average Bonchev–Trinajstić information content (AvgIpc) is 3.96. The summed E-state index contributed by atoms with van der Waals surface area (Å²) in [5, 5.41) is 6.22. The van der Waals surface area contributed by atoms with Crippen LogP contribution >= 0.6 is 0 Å². The number of hydrogen-bond donors (Lipinski definition) is 2. The summed E-state index contributed by atoms with van der Waals surface area (Å²) in [7, 11) is 0. The summed E-state index contributed by atoms with van der Waals surface area (Å²) in [4.78, 5) is 11.3. The Labute approximate surface area is 318 Å². The fraction of sp³-hybridized carbons (Fsp3) is 0.0200. The van der Waals surface area contributed by atoms with Gasteiger partial charge in [-0.1, -0.05) is 127 Å². The Hall–Kier alpha value is -7.37. The molecule has 260 valence electrons. The molecule has 1 atom stereocenters. The molecule has 3 heterocycles. The highest BCUT2D eigenvalue weighted by molar-refractivity contribution is 6.13. The van der Waals surface area contributed by atoms with Gasteiger partial charge in [0.2, 0.25) is 0 Å². The van der Waals surface area contributed by atoms with E-state index >= 15 is 0 Å². The van der Waals surface area contributed by atoms with Gasteiger partial charge in [0.1, 0.15) is 12.0 Å². The number of nitrogens with zero attached hydrogens (tertiary/aromatic N) is 3. The molecule has 10 aromatic rings. The zero-order valence-corrected chi connectivity index (χ0v) is 29.9. The maximum absolute atomic E-state index is 5.10. The van der Waals surface area contributed by atoms with Crippen LogP contribution in [0.15, 0.2) is 194 Å². The molecule has 5 heteroatoms. The second-order valence-corrected chi connectivity index (χ2v) is 14.2. The molecule has 0 amide bonds. The molecule has 2 aromatic heterocycles. The summed E-state index contributed by atoms with van der Waals surface area (Å²) >= 11 is 0. The van der Waals surface area contributed by atoms with E-state index in [1.807, 2.05) is 6.07 Å². The Kier molecular flexibility index (Phi) is 7.17. The molecular formula is C50H35N5. The Balaban J connectivity index is 0.999. The van der Waals surface area contributed by atoms with Crippen molar-refractivity contribution in [2.24, 2.45) is 0 Å². The minimum atomic E-state index is -0.0260. The molecule has 11 rings (SSSR count). The Morgan fingerprint density at radius 1 is 0.491 bits per heavy atom. The second kappa shape index (κ2) is 12.6. The minimum absolute atomic E-state index is 0.0260. The van der Waals surface area contributed by atoms with E-state index in [1.54, 1.807) is 0 Å². The standard InChI is InChI=1S/C50H35N5/c1-3-13-38(14-4-1)54-46-21-11-9-19-44(46)52-49(54)35-27-23-33(24-28-35)37-31-41(48-42(32-37)40-17-7-8-18-43(40)51-48)34-25-29-36(30-26-34)50-53-45-20-10-12-22-47(45)55(50)39-15-5-2-6-16-39/h1-32,50-51,53H. The first-order valence-corrected chi connectivity index (χ1v) is 18.8. The number of rotatable bonds is 6. The molecule has 5 nitrogen and oxygen atoms in total. The van der Waals surface area contributed by atoms with E-state index in [0.717, 1.165) is 61.6 Å². The first-order valence-electron chi connectivity index (χ1n) is 18.8. The lowest BCUT2D eigenvalue weighted by atomic mass is 9.94. The van der Waals surface area contributed by atoms with Gasteiger partial charge >= 0.3 is 0 Å². The zero-order valence-electron chi connectivity index (χ0n) is 29.9. The number of hydrogen-bond acceptors (Lipinski definition) is 3. The minimum Gasteiger partial charge on any atom is -0.359 e. The van der Waals surface area contributed by atoms with Crippen LogP contribution in [0.5, 0.6) is 0 Å². The van der Waals surface area contributed by atoms with Crippen LogP contribution in [-0.4, -0.2) is 14.5 Å². The van der Waals surface area contributed by atoms with Gasteiger partial charge in [-0.3, -0.25) is 4.57 Å². The molecule has 0 fully saturated rings. The van der Waals surface area contributed by atoms with Crippen molar-refractivity contribution >= 4 is 49.9 Å². The van der Waals surface area contributed by atoms with Crippen LogP contribution in [-0.2, 0) is 0 Å². The molecule has 1 aliphatic heterocycles. The van der Waals surface area contributed by atoms with E-state index < -0.39 is 0 Å². The van der Waals surface area contributed by atoms with Crippen molar-refractivity contribution in [1.82, 2.24) is 14.5 Å². The normalized spacial score (nSPS) is 13.7. The van der Waals surface area contributed by atoms with Crippen molar-refractivity contribution in [1.29, 1.82) is 0 Å². The summed E-state index contributed by atoms with van der Waals surface area (Å²) in [5.41, 5.74) is 15.8. The van der Waals surface area contributed by atoms with Crippen LogP contribution in [0, 0.1) is 0 Å². The molecule has 1 aliphatic rings. The number of H-pyrrole nitrogens is 1. The van der Waals surface area contributed by atoms with Gasteiger partial charge in [-0.25, -0.2) is 4.98 Å². The number of para-hydroxylation sites is 7. The highest BCUT2D eigenvalue weighted by Gasteiger charge is 2.31. The number of anilines is 3. The molecule has 0 aliphatic carbocycles. The van der Waals surface area contributed by atoms with Crippen LogP contribution in [0.25, 0.3) is 72.2 Å². The lowest BCUT2D eigenvalue weighted by molar-refractivity contribution is 0.828. The quantitative estimate of drug-likeness (QED) is 0.181. The number of fused-ring (bicyclic) bond motifs is 5. The van der Waals surface area contributed by atoms with Crippen molar-refractivity contribution < 1.29 is 0 Å². The molecule has 0 radical (unpaired) electrons. The fourth-order valence-corrected chi connectivity index (χ4v) is 8.33. The highest BCUT2D eigenvalue weighted by Crippen LogP contribution is 2.46. The molecule has 55 heavy (non-hydrogen) atoms. The van der Waals surface area contributed by atoms with Gasteiger partial charge in [0, 0.05) is 38.8 Å². The van der Waals surface area contributed by atoms with Gasteiger partial charge < -0.3 is 15.2 Å². The van der Waals surface area contributed by atoms with Crippen molar-refractivity contribution in [3.63, 3.8) is 0 Å². The van der Waals surface area contributed by atoms with Gasteiger partial charge in [-0.05, 0) is 89.0 Å². The predicted molar refractivity (Wildman–Crippen MR) is 228 cm³/mol. The van der Waals surface area contributed by atoms with Gasteiger partial charge in [0.15, 0.2) is 0 Å². The lowest BCUT2D eigenvalue weighted by Gasteiger charge is -2.27. The smallest absolute Gasteiger partial charge is 0.145 e. The van der Waals surface area contributed by atoms with Crippen molar-refractivity contribution in [2.45, 2.75) is 6.17 Å². The maximum Gasteiger partial charge on any atom is 0.145 e. The highest BCUT2D eigenvalue weighted by atomic mass is 15.3. The second-order valence-electron chi connectivity index (χ2n) is 14.2. The molecule has 8 aromatic carbocycles. The molecule has 1 unspecified atom stereocenters. The molecule has 0 saturated carbocycles. The Morgan fingerprint density at radius 2 is 1.15 bits per heavy atom. The Morgan fingerprint density at radius 3 is 1.96 bits per heavy atom. The Bertz CT molecular complexity index is 3000. The average molecular weight is 706 g/mol. The van der Waals surface area contributed by atoms with Crippen LogP contribution < -0.4 is 10.2 Å². The first kappa shape index (κ1) is 31.2. The zero-order chi connectivity index (χ0) is 36.3. The van der Waals surface area contributed by atoms with Gasteiger partial charge in [0.25, 0.3) is 0 Å². The molecule has 2 N–H and O–H groups in total. The lowest BCUT2D eigenvalue weighted by Crippen LogP contribution is -2.23. The fourth-order valence-electron chi connectivity index (χ4n) is 8.33.